The molecule has 0 bridgehead atoms. The first-order chi connectivity index (χ1) is 18.2. The number of amides is 2. The van der Waals surface area contributed by atoms with Crippen molar-refractivity contribution in [2.75, 3.05) is 47.6 Å². The number of fused-ring (bicyclic) bond motifs is 1. The maximum atomic E-state index is 13.8. The van der Waals surface area contributed by atoms with Crippen molar-refractivity contribution in [2.45, 2.75) is 40.2 Å². The van der Waals surface area contributed by atoms with E-state index in [4.69, 9.17) is 14.2 Å². The average molecular weight is 524 g/mol. The zero-order valence-corrected chi connectivity index (χ0v) is 23.5. The zero-order valence-electron chi connectivity index (χ0n) is 23.5. The summed E-state index contributed by atoms with van der Waals surface area (Å²) in [5, 5.41) is 1.15. The minimum absolute atomic E-state index is 0.0149. The molecule has 1 aromatic heterocycles. The number of H-pyrrole nitrogens is 1. The third kappa shape index (κ3) is 7.51. The van der Waals surface area contributed by atoms with Gasteiger partial charge in [0.25, 0.3) is 0 Å². The van der Waals surface area contributed by atoms with Crippen LogP contribution in [0.2, 0.25) is 0 Å². The monoisotopic (exact) mass is 523 g/mol. The van der Waals surface area contributed by atoms with Gasteiger partial charge in [-0.25, -0.2) is 0 Å². The van der Waals surface area contributed by atoms with Crippen LogP contribution in [0.4, 0.5) is 0 Å². The van der Waals surface area contributed by atoms with Crippen LogP contribution < -0.4 is 9.47 Å². The van der Waals surface area contributed by atoms with E-state index in [9.17, 15) is 9.59 Å². The molecular formula is C30H41N3O5. The number of carbonyl (C=O) groups excluding carboxylic acids is 2. The Labute approximate surface area is 225 Å². The first-order valence-corrected chi connectivity index (χ1v) is 13.0. The van der Waals surface area contributed by atoms with Gasteiger partial charge in [0.1, 0.15) is 0 Å². The average Bonchev–Trinajstić information content (AvgIpc) is 3.32. The van der Waals surface area contributed by atoms with Crippen molar-refractivity contribution < 1.29 is 23.8 Å². The number of hydrogen-bond acceptors (Lipinski definition) is 5. The number of aromatic nitrogens is 1. The Morgan fingerprint density at radius 3 is 2.34 bits per heavy atom. The van der Waals surface area contributed by atoms with Gasteiger partial charge in [0.15, 0.2) is 11.5 Å². The molecular weight excluding hydrogens is 482 g/mol. The molecule has 8 heteroatoms. The number of aromatic amines is 1. The van der Waals surface area contributed by atoms with Crippen LogP contribution in [0.5, 0.6) is 11.5 Å². The summed E-state index contributed by atoms with van der Waals surface area (Å²) in [6, 6.07) is 13.8. The Bertz CT molecular complexity index is 1210. The van der Waals surface area contributed by atoms with Gasteiger partial charge in [0.2, 0.25) is 11.8 Å². The van der Waals surface area contributed by atoms with Crippen LogP contribution in [0.15, 0.2) is 48.7 Å². The van der Waals surface area contributed by atoms with Crippen molar-refractivity contribution in [3.63, 3.8) is 0 Å². The molecule has 1 N–H and O–H groups in total. The summed E-state index contributed by atoms with van der Waals surface area (Å²) in [7, 11) is 4.83. The van der Waals surface area contributed by atoms with E-state index in [-0.39, 0.29) is 18.4 Å². The Hall–Kier alpha value is -3.52. The van der Waals surface area contributed by atoms with E-state index < -0.39 is 5.41 Å². The number of carbonyl (C=O) groups is 2. The van der Waals surface area contributed by atoms with Gasteiger partial charge in [-0.2, -0.15) is 0 Å². The summed E-state index contributed by atoms with van der Waals surface area (Å²) < 4.78 is 16.0. The van der Waals surface area contributed by atoms with Crippen LogP contribution in [0.1, 0.15) is 38.3 Å². The lowest BCUT2D eigenvalue weighted by molar-refractivity contribution is -0.146. The van der Waals surface area contributed by atoms with Crippen LogP contribution in [-0.4, -0.2) is 74.2 Å². The molecule has 206 valence electrons. The van der Waals surface area contributed by atoms with Crippen molar-refractivity contribution in [3.05, 3.63) is 59.8 Å². The van der Waals surface area contributed by atoms with Crippen LogP contribution in [-0.2, 0) is 27.3 Å². The summed E-state index contributed by atoms with van der Waals surface area (Å²) in [5.41, 5.74) is 2.54. The highest BCUT2D eigenvalue weighted by molar-refractivity contribution is 5.87. The van der Waals surface area contributed by atoms with Gasteiger partial charge in [-0.1, -0.05) is 45.0 Å². The zero-order chi connectivity index (χ0) is 27.7. The lowest BCUT2D eigenvalue weighted by atomic mass is 9.94. The normalized spacial score (nSPS) is 11.4. The molecule has 0 radical (unpaired) electrons. The Morgan fingerprint density at radius 1 is 0.921 bits per heavy atom. The second kappa shape index (κ2) is 13.3. The van der Waals surface area contributed by atoms with Gasteiger partial charge >= 0.3 is 0 Å². The maximum absolute atomic E-state index is 13.8. The molecule has 0 fully saturated rings. The van der Waals surface area contributed by atoms with Crippen LogP contribution in [0.3, 0.4) is 0 Å². The van der Waals surface area contributed by atoms with E-state index in [1.807, 2.05) is 68.3 Å². The van der Waals surface area contributed by atoms with E-state index in [1.54, 1.807) is 26.2 Å². The van der Waals surface area contributed by atoms with E-state index in [0.717, 1.165) is 22.0 Å². The molecule has 2 amide bonds. The lowest BCUT2D eigenvalue weighted by Crippen LogP contribution is -2.47. The van der Waals surface area contributed by atoms with E-state index in [0.29, 0.717) is 50.6 Å². The van der Waals surface area contributed by atoms with Crippen molar-refractivity contribution in [1.29, 1.82) is 0 Å². The first kappa shape index (κ1) is 29.0. The Kier molecular flexibility index (Phi) is 10.2. The summed E-state index contributed by atoms with van der Waals surface area (Å²) in [4.78, 5) is 33.8. The van der Waals surface area contributed by atoms with Gasteiger partial charge in [-0.05, 0) is 42.2 Å². The van der Waals surface area contributed by atoms with Gasteiger partial charge in [-0.15, -0.1) is 0 Å². The third-order valence-corrected chi connectivity index (χ3v) is 6.53. The third-order valence-electron chi connectivity index (χ3n) is 6.53. The molecule has 3 aromatic rings. The molecule has 0 aliphatic carbocycles. The highest BCUT2D eigenvalue weighted by Gasteiger charge is 2.29. The van der Waals surface area contributed by atoms with Crippen molar-refractivity contribution >= 4 is 22.7 Å². The summed E-state index contributed by atoms with van der Waals surface area (Å²) >= 11 is 0. The first-order valence-electron chi connectivity index (χ1n) is 13.0. The Balaban J connectivity index is 1.85. The summed E-state index contributed by atoms with van der Waals surface area (Å²) in [6.07, 6.45) is 3.35. The molecule has 8 nitrogen and oxygen atoms in total. The largest absolute Gasteiger partial charge is 0.493 e. The van der Waals surface area contributed by atoms with E-state index in [1.165, 1.54) is 0 Å². The van der Waals surface area contributed by atoms with Crippen molar-refractivity contribution in [3.8, 4) is 11.5 Å². The fraction of sp³-hybridized carbons (Fsp3) is 0.467. The van der Waals surface area contributed by atoms with E-state index >= 15 is 0 Å². The molecule has 0 saturated carbocycles. The second-order valence-corrected chi connectivity index (χ2v) is 10.4. The Morgan fingerprint density at radius 2 is 1.66 bits per heavy atom. The summed E-state index contributed by atoms with van der Waals surface area (Å²) in [5.74, 6) is 1.09. The number of methoxy groups -OCH3 is 3. The molecule has 0 aliphatic rings. The number of benzene rings is 2. The van der Waals surface area contributed by atoms with Crippen molar-refractivity contribution in [2.24, 2.45) is 5.41 Å². The highest BCUT2D eigenvalue weighted by atomic mass is 16.5. The SMILES string of the molecule is COCCCN(CC(=O)N(CCc1c[nH]c2ccccc12)Cc1ccc(OC)c(OC)c1)C(=O)C(C)(C)C. The van der Waals surface area contributed by atoms with Crippen molar-refractivity contribution in [1.82, 2.24) is 14.8 Å². The molecule has 3 rings (SSSR count). The van der Waals surface area contributed by atoms with Crippen LogP contribution in [0.25, 0.3) is 10.9 Å². The smallest absolute Gasteiger partial charge is 0.242 e. The molecule has 0 unspecified atom stereocenters. The molecule has 0 spiro atoms. The number of nitrogens with one attached hydrogen (secondary N) is 1. The van der Waals surface area contributed by atoms with Gasteiger partial charge < -0.3 is 29.0 Å². The lowest BCUT2D eigenvalue weighted by Gasteiger charge is -2.32. The second-order valence-electron chi connectivity index (χ2n) is 10.4. The predicted molar refractivity (Wildman–Crippen MR) is 149 cm³/mol. The van der Waals surface area contributed by atoms with E-state index in [2.05, 4.69) is 11.1 Å². The predicted octanol–water partition coefficient (Wildman–Crippen LogP) is 4.67. The molecule has 0 aliphatic heterocycles. The molecule has 1 heterocycles. The summed E-state index contributed by atoms with van der Waals surface area (Å²) in [6.45, 7) is 7.52. The van der Waals surface area contributed by atoms with Crippen LogP contribution >= 0.6 is 0 Å². The quantitative estimate of drug-likeness (QED) is 0.329. The number of para-hydroxylation sites is 1. The molecule has 38 heavy (non-hydrogen) atoms. The van der Waals surface area contributed by atoms with Crippen LogP contribution in [0, 0.1) is 5.41 Å². The maximum Gasteiger partial charge on any atom is 0.242 e. The van der Waals surface area contributed by atoms with Gasteiger partial charge in [0, 0.05) is 55.9 Å². The minimum Gasteiger partial charge on any atom is -0.493 e. The van der Waals surface area contributed by atoms with Gasteiger partial charge in [0.05, 0.1) is 20.8 Å². The number of ether oxygens (including phenoxy) is 3. The number of hydrogen-bond donors (Lipinski definition) is 1. The minimum atomic E-state index is -0.592. The topological polar surface area (TPSA) is 84.1 Å². The fourth-order valence-electron chi connectivity index (χ4n) is 4.47. The molecule has 0 saturated heterocycles. The molecule has 0 atom stereocenters. The van der Waals surface area contributed by atoms with Gasteiger partial charge in [-0.3, -0.25) is 9.59 Å². The standard InChI is InChI=1S/C30H41N3O5/c1-30(2,3)29(35)33(15-9-17-36-4)21-28(34)32(20-22-12-13-26(37-5)27(18-22)38-6)16-14-23-19-31-25-11-8-7-10-24(23)25/h7-8,10-13,18-19,31H,9,14-17,20-21H2,1-6H3. The number of nitrogens with zero attached hydrogens (tertiary/aromatic N) is 2. The molecule has 2 aromatic carbocycles. The highest BCUT2D eigenvalue weighted by Crippen LogP contribution is 2.28. The fourth-order valence-corrected chi connectivity index (χ4v) is 4.47. The number of rotatable bonds is 13.